The van der Waals surface area contributed by atoms with Crippen LogP contribution in [0.3, 0.4) is 0 Å². The van der Waals surface area contributed by atoms with E-state index in [-0.39, 0.29) is 11.9 Å². The number of nitrogens with one attached hydrogen (secondary N) is 1. The number of aromatic nitrogens is 4. The van der Waals surface area contributed by atoms with Gasteiger partial charge in [-0.05, 0) is 38.8 Å². The van der Waals surface area contributed by atoms with Crippen molar-refractivity contribution >= 4 is 28.4 Å². The van der Waals surface area contributed by atoms with Gasteiger partial charge in [-0.1, -0.05) is 0 Å². The van der Waals surface area contributed by atoms with Gasteiger partial charge >= 0.3 is 0 Å². The van der Waals surface area contributed by atoms with Gasteiger partial charge in [0.25, 0.3) is 0 Å². The quantitative estimate of drug-likeness (QED) is 0.500. The highest BCUT2D eigenvalue weighted by molar-refractivity contribution is 5.86. The molecule has 38 heavy (non-hydrogen) atoms. The number of likely N-dealkylation sites (N-methyl/N-ethyl adjacent to an activating group) is 1. The van der Waals surface area contributed by atoms with Gasteiger partial charge < -0.3 is 34.6 Å². The van der Waals surface area contributed by atoms with E-state index in [2.05, 4.69) is 42.0 Å². The van der Waals surface area contributed by atoms with Gasteiger partial charge in [-0.25, -0.2) is 9.97 Å². The average molecular weight is 521 g/mol. The fourth-order valence-electron chi connectivity index (χ4n) is 5.40. The zero-order valence-electron chi connectivity index (χ0n) is 21.9. The number of anilines is 3. The third-order valence-electron chi connectivity index (χ3n) is 7.74. The smallest absolute Gasteiger partial charge is 0.225 e. The van der Waals surface area contributed by atoms with E-state index < -0.39 is 0 Å². The first-order valence-corrected chi connectivity index (χ1v) is 13.6. The molecule has 6 rings (SSSR count). The first-order valence-electron chi connectivity index (χ1n) is 13.6. The van der Waals surface area contributed by atoms with Crippen molar-refractivity contribution in [3.63, 3.8) is 0 Å². The van der Waals surface area contributed by atoms with Crippen LogP contribution in [-0.4, -0.2) is 102 Å². The van der Waals surface area contributed by atoms with Crippen LogP contribution < -0.4 is 19.9 Å². The zero-order chi connectivity index (χ0) is 25.9. The monoisotopic (exact) mass is 520 g/mol. The van der Waals surface area contributed by atoms with E-state index in [1.807, 2.05) is 18.5 Å². The highest BCUT2D eigenvalue weighted by Gasteiger charge is 2.25. The van der Waals surface area contributed by atoms with Gasteiger partial charge in [0.1, 0.15) is 17.7 Å². The molecule has 11 heteroatoms. The number of ether oxygens (including phenoxy) is 2. The maximum absolute atomic E-state index is 10.1. The summed E-state index contributed by atoms with van der Waals surface area (Å²) in [4.78, 5) is 25.3. The summed E-state index contributed by atoms with van der Waals surface area (Å²) in [5.74, 6) is 2.16. The van der Waals surface area contributed by atoms with E-state index >= 15 is 0 Å². The van der Waals surface area contributed by atoms with Crippen molar-refractivity contribution in [2.45, 2.75) is 37.8 Å². The van der Waals surface area contributed by atoms with Crippen molar-refractivity contribution in [2.24, 2.45) is 0 Å². The second-order valence-corrected chi connectivity index (χ2v) is 10.4. The van der Waals surface area contributed by atoms with Gasteiger partial charge in [0.05, 0.1) is 48.4 Å². The minimum Gasteiger partial charge on any atom is -0.506 e. The molecule has 3 aromatic heterocycles. The Morgan fingerprint density at radius 1 is 0.895 bits per heavy atom. The molecule has 11 nitrogen and oxygen atoms in total. The molecule has 3 aliphatic rings. The third kappa shape index (κ3) is 5.68. The van der Waals surface area contributed by atoms with E-state index in [1.165, 1.54) is 6.20 Å². The number of piperazine rings is 1. The lowest BCUT2D eigenvalue weighted by molar-refractivity contribution is 0.122. The molecule has 2 saturated heterocycles. The van der Waals surface area contributed by atoms with Gasteiger partial charge in [-0.3, -0.25) is 4.98 Å². The number of nitrogens with zero attached hydrogens (tertiary/aromatic N) is 7. The van der Waals surface area contributed by atoms with Crippen LogP contribution in [0.25, 0.3) is 10.9 Å². The fourth-order valence-corrected chi connectivity index (χ4v) is 5.40. The molecular weight excluding hydrogens is 484 g/mol. The molecule has 202 valence electrons. The number of hydrogen-bond donors (Lipinski definition) is 2. The molecule has 0 unspecified atom stereocenters. The topological polar surface area (TPSA) is 112 Å². The predicted molar refractivity (Wildman–Crippen MR) is 146 cm³/mol. The van der Waals surface area contributed by atoms with E-state index in [4.69, 9.17) is 14.5 Å². The molecule has 3 aromatic rings. The van der Waals surface area contributed by atoms with E-state index in [0.29, 0.717) is 31.1 Å². The van der Waals surface area contributed by atoms with Crippen LogP contribution in [0, 0.1) is 0 Å². The normalized spacial score (nSPS) is 23.0. The van der Waals surface area contributed by atoms with Crippen molar-refractivity contribution in [1.29, 1.82) is 0 Å². The van der Waals surface area contributed by atoms with E-state index in [9.17, 15) is 5.11 Å². The van der Waals surface area contributed by atoms with Crippen molar-refractivity contribution in [2.75, 3.05) is 74.6 Å². The minimum atomic E-state index is 0.0477. The number of fused-ring (bicyclic) bond motifs is 1. The highest BCUT2D eigenvalue weighted by atomic mass is 16.5. The molecule has 1 aliphatic carbocycles. The number of hydrogen-bond acceptors (Lipinski definition) is 11. The number of morpholine rings is 1. The molecule has 0 bridgehead atoms. The average Bonchev–Trinajstić information content (AvgIpc) is 2.95. The Bertz CT molecular complexity index is 1220. The Kier molecular flexibility index (Phi) is 7.28. The number of aromatic hydroxyl groups is 1. The van der Waals surface area contributed by atoms with Crippen LogP contribution >= 0.6 is 0 Å². The maximum atomic E-state index is 10.1. The Hall–Kier alpha value is -3.44. The van der Waals surface area contributed by atoms with Gasteiger partial charge in [0.2, 0.25) is 11.8 Å². The van der Waals surface area contributed by atoms with Crippen molar-refractivity contribution < 1.29 is 14.6 Å². The maximum Gasteiger partial charge on any atom is 0.225 e. The molecule has 2 aliphatic heterocycles. The lowest BCUT2D eigenvalue weighted by Gasteiger charge is -2.33. The lowest BCUT2D eigenvalue weighted by atomic mass is 9.93. The van der Waals surface area contributed by atoms with Crippen molar-refractivity contribution in [3.8, 4) is 11.6 Å². The molecule has 2 N–H and O–H groups in total. The van der Waals surface area contributed by atoms with Gasteiger partial charge in [0.15, 0.2) is 0 Å². The van der Waals surface area contributed by atoms with Crippen LogP contribution in [-0.2, 0) is 4.74 Å². The largest absolute Gasteiger partial charge is 0.506 e. The van der Waals surface area contributed by atoms with Crippen LogP contribution in [0.4, 0.5) is 17.5 Å². The molecular formula is C27H36N8O3. The highest BCUT2D eigenvalue weighted by Crippen LogP contribution is 2.33. The molecule has 0 spiro atoms. The summed E-state index contributed by atoms with van der Waals surface area (Å²) >= 11 is 0. The van der Waals surface area contributed by atoms with Crippen LogP contribution in [0.2, 0.25) is 0 Å². The molecule has 3 fully saturated rings. The summed E-state index contributed by atoms with van der Waals surface area (Å²) in [6.45, 7) is 7.06. The summed E-state index contributed by atoms with van der Waals surface area (Å²) in [6.07, 6.45) is 9.08. The summed E-state index contributed by atoms with van der Waals surface area (Å²) in [6, 6.07) is 3.95. The molecule has 0 aromatic carbocycles. The first-order chi connectivity index (χ1) is 18.6. The molecule has 0 radical (unpaired) electrons. The standard InChI is InChI=1S/C27H36N8O3/c1-33-6-8-34(9-7-33)20-16-29-27(30-17-20)31-19-2-4-22(5-3-19)38-26-23-14-21(36)18-28-24(23)15-25(32-26)35-10-12-37-13-11-35/h14-19,22,36H,2-13H2,1H3,(H,29,30,31)/t19-,22+. The predicted octanol–water partition coefficient (Wildman–Crippen LogP) is 2.52. The summed E-state index contributed by atoms with van der Waals surface area (Å²) < 4.78 is 12.0. The van der Waals surface area contributed by atoms with Crippen LogP contribution in [0.1, 0.15) is 25.7 Å². The second kappa shape index (κ2) is 11.1. The zero-order valence-corrected chi connectivity index (χ0v) is 21.9. The lowest BCUT2D eigenvalue weighted by Crippen LogP contribution is -2.44. The number of rotatable bonds is 6. The van der Waals surface area contributed by atoms with Crippen LogP contribution in [0.15, 0.2) is 30.7 Å². The van der Waals surface area contributed by atoms with E-state index in [1.54, 1.807) is 6.07 Å². The molecule has 0 amide bonds. The van der Waals surface area contributed by atoms with Gasteiger partial charge in [-0.15, -0.1) is 0 Å². The van der Waals surface area contributed by atoms with Crippen molar-refractivity contribution in [3.05, 3.63) is 30.7 Å². The Labute approximate surface area is 222 Å². The Balaban J connectivity index is 1.08. The van der Waals surface area contributed by atoms with Crippen LogP contribution in [0.5, 0.6) is 11.6 Å². The summed E-state index contributed by atoms with van der Waals surface area (Å²) in [5, 5.41) is 14.3. The SMILES string of the molecule is CN1CCN(c2cnc(N[C@H]3CC[C@@H](Oc4nc(N5CCOCC5)cc5ncc(O)cc45)CC3)nc2)CC1. The first kappa shape index (κ1) is 24.9. The van der Waals surface area contributed by atoms with Crippen molar-refractivity contribution in [1.82, 2.24) is 24.8 Å². The fraction of sp³-hybridized carbons (Fsp3) is 0.556. The molecule has 1 saturated carbocycles. The summed E-state index contributed by atoms with van der Waals surface area (Å²) in [7, 11) is 2.16. The molecule has 0 atom stereocenters. The number of pyridine rings is 2. The summed E-state index contributed by atoms with van der Waals surface area (Å²) in [5.41, 5.74) is 1.85. The van der Waals surface area contributed by atoms with E-state index in [0.717, 1.165) is 87.4 Å². The van der Waals surface area contributed by atoms with Gasteiger partial charge in [0, 0.05) is 51.4 Å². The minimum absolute atomic E-state index is 0.0477. The Morgan fingerprint density at radius 3 is 2.37 bits per heavy atom. The third-order valence-corrected chi connectivity index (χ3v) is 7.74. The second-order valence-electron chi connectivity index (χ2n) is 10.4. The Morgan fingerprint density at radius 2 is 1.63 bits per heavy atom. The molecule has 5 heterocycles. The van der Waals surface area contributed by atoms with Gasteiger partial charge in [-0.2, -0.15) is 4.98 Å².